The van der Waals surface area contributed by atoms with E-state index in [4.69, 9.17) is 18.0 Å². The molecule has 5 heteroatoms. The summed E-state index contributed by atoms with van der Waals surface area (Å²) in [6.07, 6.45) is 1.91. The molecule has 0 fully saturated rings. The van der Waals surface area contributed by atoms with E-state index in [9.17, 15) is 4.79 Å². The molecule has 0 aliphatic rings. The number of amides is 1. The van der Waals surface area contributed by atoms with E-state index in [0.717, 1.165) is 24.1 Å². The Kier molecular flexibility index (Phi) is 6.45. The molecule has 1 amide bonds. The summed E-state index contributed by atoms with van der Waals surface area (Å²) < 4.78 is 0. The fourth-order valence-corrected chi connectivity index (χ4v) is 2.09. The van der Waals surface area contributed by atoms with Crippen molar-refractivity contribution in [2.24, 2.45) is 5.73 Å². The van der Waals surface area contributed by atoms with E-state index >= 15 is 0 Å². The lowest BCUT2D eigenvalue weighted by Crippen LogP contribution is -2.40. The van der Waals surface area contributed by atoms with Gasteiger partial charge in [-0.1, -0.05) is 26.1 Å². The van der Waals surface area contributed by atoms with Crippen LogP contribution >= 0.6 is 12.2 Å². The fourth-order valence-electron chi connectivity index (χ4n) is 1.95. The molecule has 1 aromatic carbocycles. The first-order valence-corrected chi connectivity index (χ1v) is 7.29. The van der Waals surface area contributed by atoms with Crippen LogP contribution in [0.1, 0.15) is 32.3 Å². The summed E-state index contributed by atoms with van der Waals surface area (Å²) in [5.74, 6) is 0.0413. The molecule has 1 aromatic rings. The molecule has 0 aromatic heterocycles. The van der Waals surface area contributed by atoms with Crippen molar-refractivity contribution in [3.63, 3.8) is 0 Å². The van der Waals surface area contributed by atoms with Crippen LogP contribution in [-0.4, -0.2) is 30.5 Å². The summed E-state index contributed by atoms with van der Waals surface area (Å²) in [7, 11) is 1.89. The van der Waals surface area contributed by atoms with Gasteiger partial charge in [0.15, 0.2) is 0 Å². The van der Waals surface area contributed by atoms with Gasteiger partial charge in [0.2, 0.25) is 5.91 Å². The number of nitrogens with zero attached hydrogens (tertiary/aromatic N) is 1. The highest BCUT2D eigenvalue weighted by molar-refractivity contribution is 7.80. The van der Waals surface area contributed by atoms with Crippen molar-refractivity contribution in [2.45, 2.75) is 32.7 Å². The second-order valence-electron chi connectivity index (χ2n) is 4.85. The zero-order chi connectivity index (χ0) is 15.1. The minimum atomic E-state index is 0.0413. The summed E-state index contributed by atoms with van der Waals surface area (Å²) in [5, 5.41) is 3.03. The predicted octanol–water partition coefficient (Wildman–Crippen LogP) is 2.06. The third kappa shape index (κ3) is 4.81. The van der Waals surface area contributed by atoms with Crippen molar-refractivity contribution < 1.29 is 4.79 Å². The average molecular weight is 293 g/mol. The Labute approximate surface area is 126 Å². The molecule has 4 nitrogen and oxygen atoms in total. The molecule has 20 heavy (non-hydrogen) atoms. The summed E-state index contributed by atoms with van der Waals surface area (Å²) in [5.41, 5.74) is 7.35. The summed E-state index contributed by atoms with van der Waals surface area (Å²) >= 11 is 4.92. The molecule has 1 rings (SSSR count). The maximum Gasteiger partial charge on any atom is 0.239 e. The van der Waals surface area contributed by atoms with Gasteiger partial charge in [0.05, 0.1) is 6.54 Å². The van der Waals surface area contributed by atoms with E-state index in [2.05, 4.69) is 19.2 Å². The van der Waals surface area contributed by atoms with Gasteiger partial charge in [-0.15, -0.1) is 0 Å². The molecule has 0 atom stereocenters. The zero-order valence-corrected chi connectivity index (χ0v) is 13.2. The van der Waals surface area contributed by atoms with Gasteiger partial charge < -0.3 is 16.0 Å². The number of nitrogens with two attached hydrogens (primary N) is 1. The summed E-state index contributed by atoms with van der Waals surface area (Å²) in [6.45, 7) is 4.49. The second kappa shape index (κ2) is 7.85. The van der Waals surface area contributed by atoms with Crippen molar-refractivity contribution in [3.8, 4) is 0 Å². The van der Waals surface area contributed by atoms with E-state index in [0.29, 0.717) is 11.5 Å². The van der Waals surface area contributed by atoms with E-state index in [1.807, 2.05) is 36.2 Å². The second-order valence-corrected chi connectivity index (χ2v) is 5.29. The first-order valence-electron chi connectivity index (χ1n) is 6.88. The SMILES string of the molecule is CCC(CC)NC(=O)CN(C)c1ccc(C(N)=S)cc1. The van der Waals surface area contributed by atoms with Gasteiger partial charge >= 0.3 is 0 Å². The van der Waals surface area contributed by atoms with Crippen molar-refractivity contribution in [2.75, 3.05) is 18.5 Å². The lowest BCUT2D eigenvalue weighted by Gasteiger charge is -2.21. The Bertz CT molecular complexity index is 455. The predicted molar refractivity (Wildman–Crippen MR) is 88.1 cm³/mol. The highest BCUT2D eigenvalue weighted by Crippen LogP contribution is 2.13. The topological polar surface area (TPSA) is 58.4 Å². The van der Waals surface area contributed by atoms with Crippen LogP contribution in [0.2, 0.25) is 0 Å². The zero-order valence-electron chi connectivity index (χ0n) is 12.3. The number of anilines is 1. The maximum atomic E-state index is 11.9. The number of benzene rings is 1. The number of carbonyl (C=O) groups is 1. The monoisotopic (exact) mass is 293 g/mol. The van der Waals surface area contributed by atoms with E-state index in [1.165, 1.54) is 0 Å². The number of likely N-dealkylation sites (N-methyl/N-ethyl adjacent to an activating group) is 1. The molecule has 0 aliphatic carbocycles. The van der Waals surface area contributed by atoms with Crippen LogP contribution in [0.4, 0.5) is 5.69 Å². The molecule has 0 heterocycles. The van der Waals surface area contributed by atoms with Crippen LogP contribution in [0.3, 0.4) is 0 Å². The highest BCUT2D eigenvalue weighted by Gasteiger charge is 2.11. The Morgan fingerprint density at radius 2 is 1.85 bits per heavy atom. The van der Waals surface area contributed by atoms with Crippen LogP contribution in [0.15, 0.2) is 24.3 Å². The van der Waals surface area contributed by atoms with Crippen molar-refractivity contribution in [3.05, 3.63) is 29.8 Å². The lowest BCUT2D eigenvalue weighted by atomic mass is 10.1. The van der Waals surface area contributed by atoms with Crippen molar-refractivity contribution in [1.82, 2.24) is 5.32 Å². The maximum absolute atomic E-state index is 11.9. The normalized spacial score (nSPS) is 10.4. The standard InChI is InChI=1S/C15H23N3OS/c1-4-12(5-2)17-14(19)10-18(3)13-8-6-11(7-9-13)15(16)20/h6-9,12H,4-5,10H2,1-3H3,(H2,16,20)(H,17,19). The molecule has 3 N–H and O–H groups in total. The summed E-state index contributed by atoms with van der Waals surface area (Å²) in [4.78, 5) is 14.2. The number of hydrogen-bond donors (Lipinski definition) is 2. The average Bonchev–Trinajstić information content (AvgIpc) is 2.44. The molecular weight excluding hydrogens is 270 g/mol. The Morgan fingerprint density at radius 1 is 1.30 bits per heavy atom. The Hall–Kier alpha value is -1.62. The molecule has 0 aliphatic heterocycles. The minimum absolute atomic E-state index is 0.0413. The molecule has 0 saturated carbocycles. The molecule has 0 bridgehead atoms. The number of nitrogens with one attached hydrogen (secondary N) is 1. The van der Waals surface area contributed by atoms with Crippen LogP contribution < -0.4 is 16.0 Å². The molecule has 110 valence electrons. The number of carbonyl (C=O) groups excluding carboxylic acids is 1. The van der Waals surface area contributed by atoms with Crippen LogP contribution in [0, 0.1) is 0 Å². The molecule has 0 spiro atoms. The van der Waals surface area contributed by atoms with Crippen LogP contribution in [-0.2, 0) is 4.79 Å². The van der Waals surface area contributed by atoms with Gasteiger partial charge in [-0.3, -0.25) is 4.79 Å². The largest absolute Gasteiger partial charge is 0.389 e. The lowest BCUT2D eigenvalue weighted by molar-refractivity contribution is -0.120. The Balaban J connectivity index is 2.59. The van der Waals surface area contributed by atoms with Gasteiger partial charge in [-0.2, -0.15) is 0 Å². The first kappa shape index (κ1) is 16.4. The molecule has 0 unspecified atom stereocenters. The third-order valence-corrected chi connectivity index (χ3v) is 3.56. The van der Waals surface area contributed by atoms with Crippen LogP contribution in [0.25, 0.3) is 0 Å². The van der Waals surface area contributed by atoms with Crippen molar-refractivity contribution in [1.29, 1.82) is 0 Å². The highest BCUT2D eigenvalue weighted by atomic mass is 32.1. The van der Waals surface area contributed by atoms with Crippen LogP contribution in [0.5, 0.6) is 0 Å². The van der Waals surface area contributed by atoms with Gasteiger partial charge in [-0.05, 0) is 37.1 Å². The summed E-state index contributed by atoms with van der Waals surface area (Å²) in [6, 6.07) is 7.82. The van der Waals surface area contributed by atoms with Gasteiger partial charge in [-0.25, -0.2) is 0 Å². The first-order chi connectivity index (χ1) is 9.47. The molecule has 0 radical (unpaired) electrons. The smallest absolute Gasteiger partial charge is 0.239 e. The number of rotatable bonds is 7. The Morgan fingerprint density at radius 3 is 2.30 bits per heavy atom. The fraction of sp³-hybridized carbons (Fsp3) is 0.467. The van der Waals surface area contributed by atoms with E-state index in [-0.39, 0.29) is 11.9 Å². The van der Waals surface area contributed by atoms with Crippen molar-refractivity contribution >= 4 is 28.8 Å². The number of hydrogen-bond acceptors (Lipinski definition) is 3. The van der Waals surface area contributed by atoms with Gasteiger partial charge in [0.25, 0.3) is 0 Å². The quantitative estimate of drug-likeness (QED) is 0.756. The van der Waals surface area contributed by atoms with E-state index < -0.39 is 0 Å². The minimum Gasteiger partial charge on any atom is -0.389 e. The van der Waals surface area contributed by atoms with Gasteiger partial charge in [0, 0.05) is 24.3 Å². The van der Waals surface area contributed by atoms with E-state index in [1.54, 1.807) is 0 Å². The van der Waals surface area contributed by atoms with Gasteiger partial charge in [0.1, 0.15) is 4.99 Å². The number of thiocarbonyl (C=S) groups is 1. The molecular formula is C15H23N3OS. The third-order valence-electron chi connectivity index (χ3n) is 3.32. The molecule has 0 saturated heterocycles.